The Balaban J connectivity index is 2.17. The zero-order chi connectivity index (χ0) is 10.5. The minimum atomic E-state index is 0.300. The molecular formula is C13H17NO. The zero-order valence-electron chi connectivity index (χ0n) is 9.09. The van der Waals surface area contributed by atoms with Gasteiger partial charge in [0.25, 0.3) is 0 Å². The van der Waals surface area contributed by atoms with E-state index in [1.54, 1.807) is 6.07 Å². The SMILES string of the molecule is CC1Nc2c(O)cccc2C12CCCC2. The Bertz CT molecular complexity index is 394. The number of anilines is 1. The van der Waals surface area contributed by atoms with Crippen LogP contribution in [-0.4, -0.2) is 11.1 Å². The first-order chi connectivity index (χ1) is 7.24. The van der Waals surface area contributed by atoms with Crippen molar-refractivity contribution in [1.82, 2.24) is 0 Å². The minimum absolute atomic E-state index is 0.300. The molecule has 1 spiro atoms. The fourth-order valence-corrected chi connectivity index (χ4v) is 3.40. The van der Waals surface area contributed by atoms with Crippen molar-refractivity contribution in [3.63, 3.8) is 0 Å². The van der Waals surface area contributed by atoms with Crippen molar-refractivity contribution in [1.29, 1.82) is 0 Å². The molecule has 2 N–H and O–H groups in total. The lowest BCUT2D eigenvalue weighted by atomic mass is 9.76. The van der Waals surface area contributed by atoms with E-state index in [1.807, 2.05) is 6.07 Å². The molecule has 2 nitrogen and oxygen atoms in total. The van der Waals surface area contributed by atoms with Crippen LogP contribution in [0.1, 0.15) is 38.2 Å². The molecule has 1 aromatic rings. The van der Waals surface area contributed by atoms with Gasteiger partial charge in [0.2, 0.25) is 0 Å². The van der Waals surface area contributed by atoms with Gasteiger partial charge in [0.05, 0.1) is 5.69 Å². The Morgan fingerprint density at radius 1 is 1.33 bits per heavy atom. The second-order valence-electron chi connectivity index (χ2n) is 4.93. The van der Waals surface area contributed by atoms with Gasteiger partial charge in [-0.2, -0.15) is 0 Å². The lowest BCUT2D eigenvalue weighted by molar-refractivity contribution is 0.411. The third kappa shape index (κ3) is 1.05. The van der Waals surface area contributed by atoms with Crippen molar-refractivity contribution in [2.24, 2.45) is 0 Å². The molecule has 1 fully saturated rings. The molecule has 2 heteroatoms. The maximum Gasteiger partial charge on any atom is 0.138 e. The van der Waals surface area contributed by atoms with Crippen molar-refractivity contribution < 1.29 is 5.11 Å². The summed E-state index contributed by atoms with van der Waals surface area (Å²) in [6.45, 7) is 2.24. The molecule has 1 aliphatic heterocycles. The molecule has 2 aliphatic rings. The van der Waals surface area contributed by atoms with E-state index in [1.165, 1.54) is 31.2 Å². The number of aromatic hydroxyl groups is 1. The topological polar surface area (TPSA) is 32.3 Å². The van der Waals surface area contributed by atoms with E-state index < -0.39 is 0 Å². The Morgan fingerprint density at radius 2 is 2.07 bits per heavy atom. The standard InChI is InChI=1S/C13H17NO/c1-9-13(7-2-3-8-13)10-5-4-6-11(15)12(10)14-9/h4-6,9,14-15H,2-3,7-8H2,1H3. The summed E-state index contributed by atoms with van der Waals surface area (Å²) in [5, 5.41) is 13.3. The summed E-state index contributed by atoms with van der Waals surface area (Å²) in [6, 6.07) is 6.38. The monoisotopic (exact) mass is 203 g/mol. The third-order valence-electron chi connectivity index (χ3n) is 4.26. The van der Waals surface area contributed by atoms with E-state index in [0.717, 1.165) is 5.69 Å². The maximum absolute atomic E-state index is 9.83. The smallest absolute Gasteiger partial charge is 0.138 e. The molecule has 0 saturated heterocycles. The fraction of sp³-hybridized carbons (Fsp3) is 0.538. The molecule has 1 atom stereocenters. The van der Waals surface area contributed by atoms with Crippen LogP contribution >= 0.6 is 0 Å². The fourth-order valence-electron chi connectivity index (χ4n) is 3.40. The van der Waals surface area contributed by atoms with Gasteiger partial charge in [-0.15, -0.1) is 0 Å². The molecule has 3 rings (SSSR count). The van der Waals surface area contributed by atoms with Gasteiger partial charge >= 0.3 is 0 Å². The number of hydrogen-bond acceptors (Lipinski definition) is 2. The highest BCUT2D eigenvalue weighted by atomic mass is 16.3. The summed E-state index contributed by atoms with van der Waals surface area (Å²) in [4.78, 5) is 0. The van der Waals surface area contributed by atoms with Crippen molar-refractivity contribution in [2.75, 3.05) is 5.32 Å². The summed E-state index contributed by atoms with van der Waals surface area (Å²) in [5.41, 5.74) is 2.62. The predicted molar refractivity (Wildman–Crippen MR) is 61.3 cm³/mol. The molecule has 80 valence electrons. The quantitative estimate of drug-likeness (QED) is 0.635. The summed E-state index contributed by atoms with van der Waals surface area (Å²) in [5.74, 6) is 0.406. The molecular weight excluding hydrogens is 186 g/mol. The number of hydrogen-bond donors (Lipinski definition) is 2. The van der Waals surface area contributed by atoms with Gasteiger partial charge in [0.15, 0.2) is 0 Å². The molecule has 1 saturated carbocycles. The summed E-state index contributed by atoms with van der Waals surface area (Å²) >= 11 is 0. The molecule has 1 unspecified atom stereocenters. The summed E-state index contributed by atoms with van der Waals surface area (Å²) < 4.78 is 0. The Hall–Kier alpha value is -1.18. The van der Waals surface area contributed by atoms with Crippen molar-refractivity contribution in [3.05, 3.63) is 23.8 Å². The van der Waals surface area contributed by atoms with Gasteiger partial charge in [-0.3, -0.25) is 0 Å². The molecule has 0 aromatic heterocycles. The highest BCUT2D eigenvalue weighted by Gasteiger charge is 2.46. The Morgan fingerprint density at radius 3 is 2.80 bits per heavy atom. The van der Waals surface area contributed by atoms with Gasteiger partial charge < -0.3 is 10.4 Å². The second-order valence-corrected chi connectivity index (χ2v) is 4.93. The van der Waals surface area contributed by atoms with E-state index in [4.69, 9.17) is 0 Å². The highest BCUT2D eigenvalue weighted by Crippen LogP contribution is 2.53. The maximum atomic E-state index is 9.83. The van der Waals surface area contributed by atoms with E-state index in [0.29, 0.717) is 17.2 Å². The summed E-state index contributed by atoms with van der Waals surface area (Å²) in [6.07, 6.45) is 5.16. The predicted octanol–water partition coefficient (Wildman–Crippen LogP) is 3.02. The molecule has 0 bridgehead atoms. The van der Waals surface area contributed by atoms with Crippen molar-refractivity contribution >= 4 is 5.69 Å². The van der Waals surface area contributed by atoms with E-state index >= 15 is 0 Å². The van der Waals surface area contributed by atoms with E-state index in [9.17, 15) is 5.11 Å². The van der Waals surface area contributed by atoms with Gasteiger partial charge in [-0.25, -0.2) is 0 Å². The molecule has 0 amide bonds. The molecule has 1 aromatic carbocycles. The molecule has 0 radical (unpaired) electrons. The average Bonchev–Trinajstić information content (AvgIpc) is 2.79. The van der Waals surface area contributed by atoms with Crippen LogP contribution in [0.5, 0.6) is 5.75 Å². The lowest BCUT2D eigenvalue weighted by Gasteiger charge is -2.28. The van der Waals surface area contributed by atoms with Gasteiger partial charge in [0, 0.05) is 11.5 Å². The van der Waals surface area contributed by atoms with Crippen molar-refractivity contribution in [2.45, 2.75) is 44.1 Å². The molecule has 15 heavy (non-hydrogen) atoms. The lowest BCUT2D eigenvalue weighted by Crippen LogP contribution is -2.33. The van der Waals surface area contributed by atoms with Crippen LogP contribution in [-0.2, 0) is 5.41 Å². The first-order valence-electron chi connectivity index (χ1n) is 5.83. The van der Waals surface area contributed by atoms with E-state index in [-0.39, 0.29) is 0 Å². The number of para-hydroxylation sites is 1. The average molecular weight is 203 g/mol. The van der Waals surface area contributed by atoms with Gasteiger partial charge in [-0.05, 0) is 31.4 Å². The minimum Gasteiger partial charge on any atom is -0.506 e. The highest BCUT2D eigenvalue weighted by molar-refractivity contribution is 5.69. The van der Waals surface area contributed by atoms with E-state index in [2.05, 4.69) is 18.3 Å². The third-order valence-corrected chi connectivity index (χ3v) is 4.26. The van der Waals surface area contributed by atoms with Crippen LogP contribution in [0.4, 0.5) is 5.69 Å². The summed E-state index contributed by atoms with van der Waals surface area (Å²) in [7, 11) is 0. The van der Waals surface area contributed by atoms with Crippen LogP contribution in [0.3, 0.4) is 0 Å². The van der Waals surface area contributed by atoms with Crippen LogP contribution in [0.2, 0.25) is 0 Å². The normalized spacial score (nSPS) is 26.6. The van der Waals surface area contributed by atoms with Gasteiger partial charge in [-0.1, -0.05) is 25.0 Å². The number of nitrogens with one attached hydrogen (secondary N) is 1. The number of fused-ring (bicyclic) bond motifs is 2. The van der Waals surface area contributed by atoms with Crippen molar-refractivity contribution in [3.8, 4) is 5.75 Å². The number of rotatable bonds is 0. The molecule has 1 aliphatic carbocycles. The Labute approximate surface area is 90.3 Å². The second kappa shape index (κ2) is 2.91. The number of phenolic OH excluding ortho intramolecular Hbond substituents is 1. The van der Waals surface area contributed by atoms with Crippen LogP contribution in [0, 0.1) is 0 Å². The molecule has 1 heterocycles. The zero-order valence-corrected chi connectivity index (χ0v) is 9.09. The first kappa shape index (κ1) is 9.08. The Kier molecular flexibility index (Phi) is 1.76. The first-order valence-corrected chi connectivity index (χ1v) is 5.83. The number of phenols is 1. The van der Waals surface area contributed by atoms with Crippen LogP contribution in [0.15, 0.2) is 18.2 Å². The van der Waals surface area contributed by atoms with Gasteiger partial charge in [0.1, 0.15) is 5.75 Å². The van der Waals surface area contributed by atoms with Crippen LogP contribution in [0.25, 0.3) is 0 Å². The largest absolute Gasteiger partial charge is 0.506 e. The van der Waals surface area contributed by atoms with Crippen LogP contribution < -0.4 is 5.32 Å². The number of benzene rings is 1.